The van der Waals surface area contributed by atoms with E-state index >= 15 is 0 Å². The summed E-state index contributed by atoms with van der Waals surface area (Å²) >= 11 is 0. The number of carbonyl (C=O) groups is 1. The summed E-state index contributed by atoms with van der Waals surface area (Å²) in [6.45, 7) is 3.39. The first kappa shape index (κ1) is 15.0. The van der Waals surface area contributed by atoms with Crippen LogP contribution in [-0.2, 0) is 16.0 Å². The van der Waals surface area contributed by atoms with Crippen molar-refractivity contribution in [3.63, 3.8) is 0 Å². The average Bonchev–Trinajstić information content (AvgIpc) is 2.67. The molecule has 1 heterocycles. The smallest absolute Gasteiger partial charge is 0.310 e. The number of hydrogen-bond donors (Lipinski definition) is 1. The maximum absolute atomic E-state index is 13.7. The van der Waals surface area contributed by atoms with Gasteiger partial charge in [0, 0.05) is 5.69 Å². The standard InChI is InChI=1S/C14H14F2N2O3/c1-3-21-12(19)7-9-8(2)17-18(14(9)20)13-10(15)5-4-6-11(13)16/h4-6,17H,3,7H2,1-2H3. The summed E-state index contributed by atoms with van der Waals surface area (Å²) in [4.78, 5) is 23.7. The van der Waals surface area contributed by atoms with Gasteiger partial charge < -0.3 is 4.74 Å². The second-order valence-electron chi connectivity index (χ2n) is 4.41. The van der Waals surface area contributed by atoms with Gasteiger partial charge in [-0.05, 0) is 26.0 Å². The molecule has 0 bridgehead atoms. The Morgan fingerprint density at radius 2 is 1.95 bits per heavy atom. The van der Waals surface area contributed by atoms with E-state index in [0.29, 0.717) is 5.69 Å². The van der Waals surface area contributed by atoms with Crippen molar-refractivity contribution in [3.8, 4) is 5.69 Å². The van der Waals surface area contributed by atoms with Gasteiger partial charge >= 0.3 is 5.97 Å². The fourth-order valence-electron chi connectivity index (χ4n) is 2.01. The third kappa shape index (κ3) is 2.86. The summed E-state index contributed by atoms with van der Waals surface area (Å²) < 4.78 is 33.0. The quantitative estimate of drug-likeness (QED) is 0.876. The van der Waals surface area contributed by atoms with E-state index in [4.69, 9.17) is 4.74 Å². The lowest BCUT2D eigenvalue weighted by molar-refractivity contribution is -0.142. The van der Waals surface area contributed by atoms with E-state index in [9.17, 15) is 18.4 Å². The van der Waals surface area contributed by atoms with Crippen LogP contribution in [0.3, 0.4) is 0 Å². The van der Waals surface area contributed by atoms with E-state index in [1.54, 1.807) is 13.8 Å². The van der Waals surface area contributed by atoms with Crippen LogP contribution in [0.25, 0.3) is 5.69 Å². The van der Waals surface area contributed by atoms with Crippen molar-refractivity contribution in [2.45, 2.75) is 20.3 Å². The molecule has 1 N–H and O–H groups in total. The topological polar surface area (TPSA) is 64.1 Å². The van der Waals surface area contributed by atoms with Gasteiger partial charge in [-0.15, -0.1) is 0 Å². The number of halogens is 2. The number of hydrogen-bond acceptors (Lipinski definition) is 3. The number of para-hydroxylation sites is 1. The molecular weight excluding hydrogens is 282 g/mol. The van der Waals surface area contributed by atoms with Gasteiger partial charge in [0.1, 0.15) is 5.69 Å². The Bertz CT molecular complexity index is 714. The minimum Gasteiger partial charge on any atom is -0.466 e. The summed E-state index contributed by atoms with van der Waals surface area (Å²) in [5, 5.41) is 2.57. The van der Waals surface area contributed by atoms with Gasteiger partial charge in [-0.1, -0.05) is 6.07 Å². The Kier molecular flexibility index (Phi) is 4.21. The number of carbonyl (C=O) groups excluding carboxylic acids is 1. The van der Waals surface area contributed by atoms with Crippen LogP contribution >= 0.6 is 0 Å². The van der Waals surface area contributed by atoms with Crippen LogP contribution in [0.4, 0.5) is 8.78 Å². The van der Waals surface area contributed by atoms with Crippen LogP contribution in [0.2, 0.25) is 0 Å². The number of aryl methyl sites for hydroxylation is 1. The molecule has 0 aliphatic heterocycles. The minimum absolute atomic E-state index is 0.121. The van der Waals surface area contributed by atoms with Gasteiger partial charge in [-0.2, -0.15) is 0 Å². The molecule has 21 heavy (non-hydrogen) atoms. The lowest BCUT2D eigenvalue weighted by atomic mass is 10.2. The van der Waals surface area contributed by atoms with Crippen molar-refractivity contribution in [3.05, 3.63) is 51.4 Å². The maximum atomic E-state index is 13.7. The number of rotatable bonds is 4. The molecule has 0 amide bonds. The second-order valence-corrected chi connectivity index (χ2v) is 4.41. The molecule has 0 atom stereocenters. The van der Waals surface area contributed by atoms with Crippen LogP contribution in [0.5, 0.6) is 0 Å². The highest BCUT2D eigenvalue weighted by molar-refractivity contribution is 5.72. The molecule has 0 aliphatic carbocycles. The van der Waals surface area contributed by atoms with E-state index in [1.807, 2.05) is 0 Å². The Morgan fingerprint density at radius 3 is 2.52 bits per heavy atom. The molecule has 0 aliphatic rings. The number of nitrogens with one attached hydrogen (secondary N) is 1. The number of esters is 1. The zero-order valence-corrected chi connectivity index (χ0v) is 11.6. The van der Waals surface area contributed by atoms with Crippen molar-refractivity contribution < 1.29 is 18.3 Å². The summed E-state index contributed by atoms with van der Waals surface area (Å²) in [5.41, 5.74) is -0.697. The molecule has 112 valence electrons. The third-order valence-corrected chi connectivity index (χ3v) is 2.98. The van der Waals surface area contributed by atoms with Gasteiger partial charge in [0.25, 0.3) is 5.56 Å². The Labute approximate surface area is 119 Å². The average molecular weight is 296 g/mol. The molecule has 0 saturated heterocycles. The largest absolute Gasteiger partial charge is 0.466 e. The van der Waals surface area contributed by atoms with Crippen LogP contribution < -0.4 is 5.56 Å². The van der Waals surface area contributed by atoms with Crippen molar-refractivity contribution in [2.24, 2.45) is 0 Å². The van der Waals surface area contributed by atoms with Gasteiger partial charge in [-0.3, -0.25) is 14.7 Å². The van der Waals surface area contributed by atoms with Crippen molar-refractivity contribution in [1.29, 1.82) is 0 Å². The summed E-state index contributed by atoms with van der Waals surface area (Å²) in [6, 6.07) is 3.30. The van der Waals surface area contributed by atoms with Gasteiger partial charge in [0.15, 0.2) is 11.6 Å². The number of ether oxygens (including phenoxy) is 1. The molecule has 7 heteroatoms. The first-order valence-electron chi connectivity index (χ1n) is 6.36. The van der Waals surface area contributed by atoms with Gasteiger partial charge in [-0.25, -0.2) is 13.5 Å². The SMILES string of the molecule is CCOC(=O)Cc1c(C)[nH]n(-c2c(F)cccc2F)c1=O. The minimum atomic E-state index is -0.874. The monoisotopic (exact) mass is 296 g/mol. The predicted molar refractivity (Wildman–Crippen MR) is 71.4 cm³/mol. The van der Waals surface area contributed by atoms with E-state index < -0.39 is 28.9 Å². The van der Waals surface area contributed by atoms with E-state index in [2.05, 4.69) is 5.10 Å². The predicted octanol–water partition coefficient (Wildman–Crippen LogP) is 1.86. The van der Waals surface area contributed by atoms with Crippen LogP contribution in [0, 0.1) is 18.6 Å². The molecular formula is C14H14F2N2O3. The molecule has 2 rings (SSSR count). The summed E-state index contributed by atoms with van der Waals surface area (Å²) in [7, 11) is 0. The molecule has 2 aromatic rings. The second kappa shape index (κ2) is 5.90. The summed E-state index contributed by atoms with van der Waals surface area (Å²) in [6.07, 6.45) is -0.252. The number of H-pyrrole nitrogens is 1. The van der Waals surface area contributed by atoms with Crippen LogP contribution in [0.15, 0.2) is 23.0 Å². The first-order valence-corrected chi connectivity index (χ1v) is 6.36. The van der Waals surface area contributed by atoms with E-state index in [1.165, 1.54) is 6.07 Å². The zero-order valence-electron chi connectivity index (χ0n) is 11.6. The zero-order chi connectivity index (χ0) is 15.6. The lowest BCUT2D eigenvalue weighted by Crippen LogP contribution is -2.21. The molecule has 0 saturated carbocycles. The molecule has 5 nitrogen and oxygen atoms in total. The number of benzene rings is 1. The third-order valence-electron chi connectivity index (χ3n) is 2.98. The Balaban J connectivity index is 2.49. The summed E-state index contributed by atoms with van der Waals surface area (Å²) in [5.74, 6) is -2.32. The van der Waals surface area contributed by atoms with E-state index in [0.717, 1.165) is 16.8 Å². The van der Waals surface area contributed by atoms with Crippen molar-refractivity contribution >= 4 is 5.97 Å². The highest BCUT2D eigenvalue weighted by atomic mass is 19.1. The van der Waals surface area contributed by atoms with Crippen molar-refractivity contribution in [1.82, 2.24) is 9.78 Å². The van der Waals surface area contributed by atoms with Gasteiger partial charge in [0.05, 0.1) is 18.6 Å². The maximum Gasteiger partial charge on any atom is 0.310 e. The fourth-order valence-corrected chi connectivity index (χ4v) is 2.01. The fraction of sp³-hybridized carbons (Fsp3) is 0.286. The first-order chi connectivity index (χ1) is 9.95. The molecule has 1 aromatic heterocycles. The van der Waals surface area contributed by atoms with Crippen molar-refractivity contribution in [2.75, 3.05) is 6.61 Å². The lowest BCUT2D eigenvalue weighted by Gasteiger charge is -2.04. The highest BCUT2D eigenvalue weighted by Crippen LogP contribution is 2.16. The van der Waals surface area contributed by atoms with Crippen LogP contribution in [0.1, 0.15) is 18.2 Å². The number of nitrogens with zero attached hydrogens (tertiary/aromatic N) is 1. The molecule has 0 radical (unpaired) electrons. The Morgan fingerprint density at radius 1 is 1.33 bits per heavy atom. The molecule has 0 unspecified atom stereocenters. The Hall–Kier alpha value is -2.44. The number of aromatic amines is 1. The van der Waals surface area contributed by atoms with Gasteiger partial charge in [0.2, 0.25) is 0 Å². The normalized spacial score (nSPS) is 10.7. The highest BCUT2D eigenvalue weighted by Gasteiger charge is 2.20. The molecule has 1 aromatic carbocycles. The molecule has 0 fully saturated rings. The molecule has 0 spiro atoms. The van der Waals surface area contributed by atoms with E-state index in [-0.39, 0.29) is 18.6 Å². The van der Waals surface area contributed by atoms with Crippen LogP contribution in [-0.4, -0.2) is 22.4 Å². The number of aromatic nitrogens is 2.